The maximum absolute atomic E-state index is 13.2. The predicted molar refractivity (Wildman–Crippen MR) is 113 cm³/mol. The highest BCUT2D eigenvalue weighted by atomic mass is 19.4. The number of hydrogen-bond donors (Lipinski definition) is 1. The highest BCUT2D eigenvalue weighted by Gasteiger charge is 2.36. The van der Waals surface area contributed by atoms with E-state index in [4.69, 9.17) is 0 Å². The number of carbonyl (C=O) groups is 2. The van der Waals surface area contributed by atoms with Gasteiger partial charge in [-0.05, 0) is 50.1 Å². The molecule has 0 aliphatic carbocycles. The van der Waals surface area contributed by atoms with E-state index in [-0.39, 0.29) is 24.6 Å². The van der Waals surface area contributed by atoms with Gasteiger partial charge >= 0.3 is 6.18 Å². The number of alkyl halides is 3. The zero-order valence-electron chi connectivity index (χ0n) is 17.8. The minimum absolute atomic E-state index is 0.157. The first-order chi connectivity index (χ1) is 14.6. The minimum Gasteiger partial charge on any atom is -0.336 e. The molecule has 1 atom stereocenters. The largest absolute Gasteiger partial charge is 0.417 e. The SMILES string of the molecule is Cc1ccc(C)c(NC(=O)C(C)N2CCN(C(=O)c3ccccc3C(F)(F)F)CC2)c1. The van der Waals surface area contributed by atoms with Gasteiger partial charge in [0.05, 0.1) is 17.2 Å². The zero-order chi connectivity index (χ0) is 22.8. The molecule has 0 aromatic heterocycles. The fraction of sp³-hybridized carbons (Fsp3) is 0.391. The number of rotatable bonds is 4. The maximum atomic E-state index is 13.2. The smallest absolute Gasteiger partial charge is 0.336 e. The van der Waals surface area contributed by atoms with Gasteiger partial charge in [0.1, 0.15) is 0 Å². The first-order valence-corrected chi connectivity index (χ1v) is 10.2. The van der Waals surface area contributed by atoms with Crippen molar-refractivity contribution in [3.05, 3.63) is 64.7 Å². The van der Waals surface area contributed by atoms with E-state index in [2.05, 4.69) is 5.32 Å². The second-order valence-electron chi connectivity index (χ2n) is 7.86. The summed E-state index contributed by atoms with van der Waals surface area (Å²) >= 11 is 0. The van der Waals surface area contributed by atoms with Crippen LogP contribution < -0.4 is 5.32 Å². The Morgan fingerprint density at radius 3 is 2.29 bits per heavy atom. The molecule has 166 valence electrons. The summed E-state index contributed by atoms with van der Waals surface area (Å²) in [5.74, 6) is -0.795. The molecular weight excluding hydrogens is 407 g/mol. The Labute approximate surface area is 179 Å². The Morgan fingerprint density at radius 2 is 1.65 bits per heavy atom. The fourth-order valence-corrected chi connectivity index (χ4v) is 3.67. The molecule has 31 heavy (non-hydrogen) atoms. The third-order valence-electron chi connectivity index (χ3n) is 5.64. The molecular formula is C23H26F3N3O2. The highest BCUT2D eigenvalue weighted by molar-refractivity contribution is 5.96. The lowest BCUT2D eigenvalue weighted by Gasteiger charge is -2.37. The molecule has 0 radical (unpaired) electrons. The monoisotopic (exact) mass is 433 g/mol. The van der Waals surface area contributed by atoms with Crippen molar-refractivity contribution in [2.75, 3.05) is 31.5 Å². The van der Waals surface area contributed by atoms with E-state index in [1.165, 1.54) is 23.1 Å². The van der Waals surface area contributed by atoms with Crippen LogP contribution in [0.1, 0.15) is 34.0 Å². The van der Waals surface area contributed by atoms with Crippen molar-refractivity contribution < 1.29 is 22.8 Å². The average molecular weight is 433 g/mol. The average Bonchev–Trinajstić information content (AvgIpc) is 2.74. The first-order valence-electron chi connectivity index (χ1n) is 10.2. The zero-order valence-corrected chi connectivity index (χ0v) is 17.8. The van der Waals surface area contributed by atoms with Crippen molar-refractivity contribution in [1.82, 2.24) is 9.80 Å². The minimum atomic E-state index is -4.59. The second kappa shape index (κ2) is 9.09. The van der Waals surface area contributed by atoms with Gasteiger partial charge in [0.15, 0.2) is 0 Å². The number of nitrogens with zero attached hydrogens (tertiary/aromatic N) is 2. The van der Waals surface area contributed by atoms with Crippen molar-refractivity contribution in [3.8, 4) is 0 Å². The number of piperazine rings is 1. The van der Waals surface area contributed by atoms with Crippen LogP contribution in [0.4, 0.5) is 18.9 Å². The topological polar surface area (TPSA) is 52.7 Å². The number of hydrogen-bond acceptors (Lipinski definition) is 3. The Hall–Kier alpha value is -2.87. The van der Waals surface area contributed by atoms with E-state index in [1.54, 1.807) is 6.92 Å². The molecule has 3 rings (SSSR count). The van der Waals surface area contributed by atoms with Gasteiger partial charge in [0.2, 0.25) is 5.91 Å². The molecule has 2 aromatic rings. The molecule has 2 aromatic carbocycles. The van der Waals surface area contributed by atoms with Crippen molar-refractivity contribution in [3.63, 3.8) is 0 Å². The van der Waals surface area contributed by atoms with Gasteiger partial charge in [0, 0.05) is 31.9 Å². The van der Waals surface area contributed by atoms with E-state index in [9.17, 15) is 22.8 Å². The summed E-state index contributed by atoms with van der Waals surface area (Å²) in [5, 5.41) is 2.95. The van der Waals surface area contributed by atoms with Gasteiger partial charge < -0.3 is 10.2 Å². The van der Waals surface area contributed by atoms with E-state index in [0.29, 0.717) is 13.1 Å². The summed E-state index contributed by atoms with van der Waals surface area (Å²) < 4.78 is 39.7. The maximum Gasteiger partial charge on any atom is 0.417 e. The summed E-state index contributed by atoms with van der Waals surface area (Å²) in [6, 6.07) is 10.2. The molecule has 1 aliphatic heterocycles. The second-order valence-corrected chi connectivity index (χ2v) is 7.86. The predicted octanol–water partition coefficient (Wildman–Crippen LogP) is 4.11. The third-order valence-corrected chi connectivity index (χ3v) is 5.64. The van der Waals surface area contributed by atoms with Crippen molar-refractivity contribution in [1.29, 1.82) is 0 Å². The quantitative estimate of drug-likeness (QED) is 0.790. The number of carbonyl (C=O) groups excluding carboxylic acids is 2. The van der Waals surface area contributed by atoms with Crippen LogP contribution in [0.3, 0.4) is 0 Å². The Bertz CT molecular complexity index is 967. The number of nitrogens with one attached hydrogen (secondary N) is 1. The standard InChI is InChI=1S/C23H26F3N3O2/c1-15-8-9-16(2)20(14-15)27-21(30)17(3)28-10-12-29(13-11-28)22(31)18-6-4-5-7-19(18)23(24,25)26/h4-9,14,17H,10-13H2,1-3H3,(H,27,30). The number of benzene rings is 2. The molecule has 1 aliphatic rings. The molecule has 5 nitrogen and oxygen atoms in total. The van der Waals surface area contributed by atoms with Gasteiger partial charge in [0.25, 0.3) is 5.91 Å². The summed E-state index contributed by atoms with van der Waals surface area (Å²) in [7, 11) is 0. The van der Waals surface area contributed by atoms with Crippen molar-refractivity contribution >= 4 is 17.5 Å². The molecule has 0 bridgehead atoms. The van der Waals surface area contributed by atoms with E-state index < -0.39 is 23.7 Å². The van der Waals surface area contributed by atoms with Crippen LogP contribution in [0.25, 0.3) is 0 Å². The van der Waals surface area contributed by atoms with Crippen molar-refractivity contribution in [2.45, 2.75) is 33.0 Å². The van der Waals surface area contributed by atoms with Crippen LogP contribution >= 0.6 is 0 Å². The molecule has 2 amide bonds. The van der Waals surface area contributed by atoms with Crippen molar-refractivity contribution in [2.24, 2.45) is 0 Å². The Morgan fingerprint density at radius 1 is 1.00 bits per heavy atom. The molecule has 1 N–H and O–H groups in total. The van der Waals surface area contributed by atoms with Crippen LogP contribution in [-0.4, -0.2) is 53.8 Å². The lowest BCUT2D eigenvalue weighted by atomic mass is 10.1. The van der Waals surface area contributed by atoms with E-state index in [1.807, 2.05) is 36.9 Å². The Balaban J connectivity index is 1.62. The molecule has 1 fully saturated rings. The number of anilines is 1. The van der Waals surface area contributed by atoms with Crippen LogP contribution in [0, 0.1) is 13.8 Å². The van der Waals surface area contributed by atoms with Gasteiger partial charge in [-0.25, -0.2) is 0 Å². The van der Waals surface area contributed by atoms with Gasteiger partial charge in [-0.1, -0.05) is 24.3 Å². The van der Waals surface area contributed by atoms with Crippen LogP contribution in [0.5, 0.6) is 0 Å². The third kappa shape index (κ3) is 5.25. The van der Waals surface area contributed by atoms with Crippen LogP contribution in [-0.2, 0) is 11.0 Å². The summed E-state index contributed by atoms with van der Waals surface area (Å²) in [4.78, 5) is 28.8. The number of halogens is 3. The fourth-order valence-electron chi connectivity index (χ4n) is 3.67. The molecule has 1 unspecified atom stereocenters. The normalized spacial score (nSPS) is 16.1. The van der Waals surface area contributed by atoms with E-state index >= 15 is 0 Å². The summed E-state index contributed by atoms with van der Waals surface area (Å²) in [6.07, 6.45) is -4.59. The summed E-state index contributed by atoms with van der Waals surface area (Å²) in [6.45, 7) is 6.98. The molecule has 0 saturated carbocycles. The lowest BCUT2D eigenvalue weighted by molar-refractivity contribution is -0.138. The van der Waals surface area contributed by atoms with E-state index in [0.717, 1.165) is 22.9 Å². The first kappa shape index (κ1) is 22.8. The Kier molecular flexibility index (Phi) is 6.69. The highest BCUT2D eigenvalue weighted by Crippen LogP contribution is 2.32. The van der Waals surface area contributed by atoms with Gasteiger partial charge in [-0.2, -0.15) is 13.2 Å². The van der Waals surface area contributed by atoms with Crippen LogP contribution in [0.2, 0.25) is 0 Å². The molecule has 1 saturated heterocycles. The summed E-state index contributed by atoms with van der Waals surface area (Å²) in [5.41, 5.74) is 1.49. The molecule has 8 heteroatoms. The lowest BCUT2D eigenvalue weighted by Crippen LogP contribution is -2.54. The number of amides is 2. The number of aryl methyl sites for hydroxylation is 2. The van der Waals surface area contributed by atoms with Gasteiger partial charge in [-0.3, -0.25) is 14.5 Å². The van der Waals surface area contributed by atoms with Gasteiger partial charge in [-0.15, -0.1) is 0 Å². The molecule has 1 heterocycles. The molecule has 0 spiro atoms. The van der Waals surface area contributed by atoms with Crippen LogP contribution in [0.15, 0.2) is 42.5 Å².